The highest BCUT2D eigenvalue weighted by Gasteiger charge is 2.11. The van der Waals surface area contributed by atoms with Gasteiger partial charge in [0.2, 0.25) is 0 Å². The van der Waals surface area contributed by atoms with Crippen molar-refractivity contribution in [2.45, 2.75) is 26.8 Å². The molecule has 0 atom stereocenters. The Balaban J connectivity index is 2.07. The molecule has 0 fully saturated rings. The van der Waals surface area contributed by atoms with Gasteiger partial charge in [-0.2, -0.15) is 0 Å². The SMILES string of the molecule is CC(C)CN(CCC(=N)N)Cc1nc2ccccc2s1. The molecule has 0 saturated carbocycles. The van der Waals surface area contributed by atoms with Crippen molar-refractivity contribution in [3.8, 4) is 0 Å². The second kappa shape index (κ2) is 6.81. The van der Waals surface area contributed by atoms with Gasteiger partial charge in [-0.15, -0.1) is 11.3 Å². The molecule has 5 heteroatoms. The van der Waals surface area contributed by atoms with Crippen LogP contribution in [0.1, 0.15) is 25.3 Å². The Morgan fingerprint density at radius 1 is 1.40 bits per heavy atom. The number of thiazole rings is 1. The number of fused-ring (bicyclic) bond motifs is 1. The summed E-state index contributed by atoms with van der Waals surface area (Å²) in [5.41, 5.74) is 6.54. The molecular formula is C15H22N4S. The van der Waals surface area contributed by atoms with Crippen LogP contribution in [0.4, 0.5) is 0 Å². The molecule has 20 heavy (non-hydrogen) atoms. The van der Waals surface area contributed by atoms with Gasteiger partial charge in [-0.25, -0.2) is 4.98 Å². The lowest BCUT2D eigenvalue weighted by Gasteiger charge is -2.22. The Hall–Kier alpha value is -1.46. The maximum atomic E-state index is 7.38. The van der Waals surface area contributed by atoms with Gasteiger partial charge in [0.25, 0.3) is 0 Å². The number of hydrogen-bond acceptors (Lipinski definition) is 4. The van der Waals surface area contributed by atoms with E-state index in [1.807, 2.05) is 12.1 Å². The number of hydrogen-bond donors (Lipinski definition) is 2. The Kier molecular flexibility index (Phi) is 5.09. The van der Waals surface area contributed by atoms with Crippen LogP contribution in [0.25, 0.3) is 10.2 Å². The number of nitrogens with zero attached hydrogens (tertiary/aromatic N) is 2. The van der Waals surface area contributed by atoms with Gasteiger partial charge >= 0.3 is 0 Å². The zero-order chi connectivity index (χ0) is 14.5. The molecule has 2 aromatic rings. The Labute approximate surface area is 124 Å². The highest BCUT2D eigenvalue weighted by atomic mass is 32.1. The van der Waals surface area contributed by atoms with Gasteiger partial charge < -0.3 is 5.73 Å². The van der Waals surface area contributed by atoms with Gasteiger partial charge in [-0.3, -0.25) is 10.3 Å². The number of rotatable bonds is 7. The predicted molar refractivity (Wildman–Crippen MR) is 86.3 cm³/mol. The van der Waals surface area contributed by atoms with E-state index in [9.17, 15) is 0 Å². The van der Waals surface area contributed by atoms with Crippen LogP contribution in [0.3, 0.4) is 0 Å². The molecule has 0 unspecified atom stereocenters. The van der Waals surface area contributed by atoms with Crippen molar-refractivity contribution in [2.75, 3.05) is 13.1 Å². The van der Waals surface area contributed by atoms with Gasteiger partial charge in [0.1, 0.15) is 5.01 Å². The van der Waals surface area contributed by atoms with Crippen LogP contribution in [0, 0.1) is 11.3 Å². The zero-order valence-electron chi connectivity index (χ0n) is 12.1. The fourth-order valence-electron chi connectivity index (χ4n) is 2.21. The summed E-state index contributed by atoms with van der Waals surface area (Å²) >= 11 is 1.75. The van der Waals surface area contributed by atoms with E-state index in [1.54, 1.807) is 11.3 Å². The van der Waals surface area contributed by atoms with Crippen molar-refractivity contribution in [3.05, 3.63) is 29.3 Å². The summed E-state index contributed by atoms with van der Waals surface area (Å²) in [6, 6.07) is 8.23. The van der Waals surface area contributed by atoms with E-state index in [0.717, 1.165) is 30.2 Å². The van der Waals surface area contributed by atoms with Crippen LogP contribution in [0.2, 0.25) is 0 Å². The third-order valence-electron chi connectivity index (χ3n) is 3.02. The molecule has 0 bridgehead atoms. The second-order valence-corrected chi connectivity index (χ2v) is 6.59. The minimum atomic E-state index is 0.253. The van der Waals surface area contributed by atoms with Crippen molar-refractivity contribution >= 4 is 27.4 Å². The monoisotopic (exact) mass is 290 g/mol. The molecule has 0 spiro atoms. The zero-order valence-corrected chi connectivity index (χ0v) is 12.9. The normalized spacial score (nSPS) is 11.6. The van der Waals surface area contributed by atoms with Crippen molar-refractivity contribution < 1.29 is 0 Å². The van der Waals surface area contributed by atoms with Crippen molar-refractivity contribution in [2.24, 2.45) is 11.7 Å². The largest absolute Gasteiger partial charge is 0.388 e. The standard InChI is InChI=1S/C15H22N4S/c1-11(2)9-19(8-7-14(16)17)10-15-18-12-5-3-4-6-13(12)20-15/h3-6,11H,7-10H2,1-2H3,(H3,16,17). The highest BCUT2D eigenvalue weighted by molar-refractivity contribution is 7.18. The molecule has 2 rings (SSSR count). The number of para-hydroxylation sites is 1. The Morgan fingerprint density at radius 3 is 2.80 bits per heavy atom. The maximum absolute atomic E-state index is 7.38. The number of nitrogens with two attached hydrogens (primary N) is 1. The minimum absolute atomic E-state index is 0.253. The van der Waals surface area contributed by atoms with Crippen LogP contribution in [0.15, 0.2) is 24.3 Å². The molecule has 108 valence electrons. The summed E-state index contributed by atoms with van der Waals surface area (Å²) in [7, 11) is 0. The molecule has 0 aliphatic carbocycles. The second-order valence-electron chi connectivity index (χ2n) is 5.48. The number of aromatic nitrogens is 1. The topological polar surface area (TPSA) is 66.0 Å². The molecule has 1 heterocycles. The van der Waals surface area contributed by atoms with Crippen molar-refractivity contribution in [3.63, 3.8) is 0 Å². The average Bonchev–Trinajstić information content (AvgIpc) is 2.77. The van der Waals surface area contributed by atoms with Crippen LogP contribution in [0.5, 0.6) is 0 Å². The highest BCUT2D eigenvalue weighted by Crippen LogP contribution is 2.22. The van der Waals surface area contributed by atoms with Gasteiger partial charge in [0, 0.05) is 19.5 Å². The minimum Gasteiger partial charge on any atom is -0.388 e. The first-order valence-corrected chi connectivity index (χ1v) is 7.76. The van der Waals surface area contributed by atoms with Gasteiger partial charge in [0.05, 0.1) is 22.6 Å². The lowest BCUT2D eigenvalue weighted by Crippen LogP contribution is -2.30. The number of benzene rings is 1. The maximum Gasteiger partial charge on any atom is 0.108 e. The molecule has 0 aliphatic rings. The summed E-state index contributed by atoms with van der Waals surface area (Å²) < 4.78 is 1.23. The van der Waals surface area contributed by atoms with Crippen molar-refractivity contribution in [1.29, 1.82) is 5.41 Å². The molecule has 0 radical (unpaired) electrons. The van der Waals surface area contributed by atoms with Gasteiger partial charge in [0.15, 0.2) is 0 Å². The smallest absolute Gasteiger partial charge is 0.108 e. The summed E-state index contributed by atoms with van der Waals surface area (Å²) in [6.07, 6.45) is 0.623. The van der Waals surface area contributed by atoms with E-state index < -0.39 is 0 Å². The molecule has 3 N–H and O–H groups in total. The first kappa shape index (κ1) is 14.9. The molecule has 1 aromatic heterocycles. The molecule has 0 saturated heterocycles. The fraction of sp³-hybridized carbons (Fsp3) is 0.467. The van der Waals surface area contributed by atoms with E-state index in [-0.39, 0.29) is 5.84 Å². The predicted octanol–water partition coefficient (Wildman–Crippen LogP) is 3.08. The third-order valence-corrected chi connectivity index (χ3v) is 4.04. The average molecular weight is 290 g/mol. The first-order valence-electron chi connectivity index (χ1n) is 6.94. The number of nitrogens with one attached hydrogen (secondary N) is 1. The van der Waals surface area contributed by atoms with E-state index in [4.69, 9.17) is 11.1 Å². The van der Waals surface area contributed by atoms with E-state index in [2.05, 4.69) is 35.9 Å². The summed E-state index contributed by atoms with van der Waals surface area (Å²) in [4.78, 5) is 7.02. The third kappa shape index (κ3) is 4.28. The quantitative estimate of drug-likeness (QED) is 0.608. The molecule has 0 amide bonds. The number of amidine groups is 1. The summed E-state index contributed by atoms with van der Waals surface area (Å²) in [5.74, 6) is 0.847. The Bertz CT molecular complexity index is 543. The lowest BCUT2D eigenvalue weighted by atomic mass is 10.2. The lowest BCUT2D eigenvalue weighted by molar-refractivity contribution is 0.242. The van der Waals surface area contributed by atoms with Gasteiger partial charge in [-0.1, -0.05) is 26.0 Å². The van der Waals surface area contributed by atoms with E-state index in [0.29, 0.717) is 12.3 Å². The molecule has 1 aromatic carbocycles. The first-order chi connectivity index (χ1) is 9.54. The molecule has 4 nitrogen and oxygen atoms in total. The van der Waals surface area contributed by atoms with Crippen LogP contribution >= 0.6 is 11.3 Å². The van der Waals surface area contributed by atoms with Crippen LogP contribution in [-0.4, -0.2) is 28.8 Å². The summed E-state index contributed by atoms with van der Waals surface area (Å²) in [6.45, 7) is 7.08. The van der Waals surface area contributed by atoms with E-state index in [1.165, 1.54) is 4.70 Å². The fourth-order valence-corrected chi connectivity index (χ4v) is 3.22. The molecule has 0 aliphatic heterocycles. The summed E-state index contributed by atoms with van der Waals surface area (Å²) in [5, 5.41) is 8.51. The Morgan fingerprint density at radius 2 is 2.15 bits per heavy atom. The molecular weight excluding hydrogens is 268 g/mol. The van der Waals surface area contributed by atoms with E-state index >= 15 is 0 Å². The van der Waals surface area contributed by atoms with Crippen LogP contribution in [-0.2, 0) is 6.54 Å². The van der Waals surface area contributed by atoms with Crippen molar-refractivity contribution in [1.82, 2.24) is 9.88 Å². The van der Waals surface area contributed by atoms with Gasteiger partial charge in [-0.05, 0) is 18.1 Å². The van der Waals surface area contributed by atoms with Crippen LogP contribution < -0.4 is 5.73 Å².